The lowest BCUT2D eigenvalue weighted by molar-refractivity contribution is -0.123. The second-order valence-corrected chi connectivity index (χ2v) is 5.91. The number of benzene rings is 2. The van der Waals surface area contributed by atoms with Gasteiger partial charge in [0.05, 0.1) is 5.69 Å². The third kappa shape index (κ3) is 3.65. The molecule has 3 rings (SSSR count). The summed E-state index contributed by atoms with van der Waals surface area (Å²) in [5.41, 5.74) is -0.426. The molecule has 3 aromatic rings. The number of anilines is 1. The smallest absolute Gasteiger partial charge is 0.251 e. The summed E-state index contributed by atoms with van der Waals surface area (Å²) in [6.07, 6.45) is 2.86. The van der Waals surface area contributed by atoms with Crippen LogP contribution < -0.4 is 10.1 Å². The van der Waals surface area contributed by atoms with E-state index in [1.54, 1.807) is 38.1 Å². The van der Waals surface area contributed by atoms with E-state index < -0.39 is 5.54 Å². The average molecular weight is 340 g/mol. The van der Waals surface area contributed by atoms with Gasteiger partial charge in [-0.2, -0.15) is 5.10 Å². The Morgan fingerprint density at radius 1 is 1.16 bits per heavy atom. The number of carbonyl (C=O) groups excluding carboxylic acids is 1. The van der Waals surface area contributed by atoms with Crippen molar-refractivity contribution in [3.63, 3.8) is 0 Å². The lowest BCUT2D eigenvalue weighted by Gasteiger charge is -2.24. The van der Waals surface area contributed by atoms with Crippen molar-refractivity contribution in [1.29, 1.82) is 0 Å². The van der Waals surface area contributed by atoms with E-state index in [1.165, 1.54) is 41.6 Å². The molecule has 6 nitrogen and oxygen atoms in total. The van der Waals surface area contributed by atoms with E-state index >= 15 is 0 Å². The van der Waals surface area contributed by atoms with Crippen molar-refractivity contribution < 1.29 is 13.9 Å². The standard InChI is InChI=1S/C18H17FN4O2/c1-18(2,23-12-20-11-21-23)17(24)22-15-5-3-4-6-16(15)25-14-9-7-13(19)8-10-14/h3-12H,1-2H3,(H,22,24). The van der Waals surface area contributed by atoms with Gasteiger partial charge in [-0.15, -0.1) is 0 Å². The Labute approximate surface area is 144 Å². The lowest BCUT2D eigenvalue weighted by Crippen LogP contribution is -2.40. The zero-order chi connectivity index (χ0) is 17.9. The van der Waals surface area contributed by atoms with Gasteiger partial charge >= 0.3 is 0 Å². The Hall–Kier alpha value is -3.22. The maximum Gasteiger partial charge on any atom is 0.251 e. The van der Waals surface area contributed by atoms with Crippen LogP contribution in [-0.2, 0) is 10.3 Å². The van der Waals surface area contributed by atoms with Gasteiger partial charge in [0.25, 0.3) is 5.91 Å². The van der Waals surface area contributed by atoms with Crippen LogP contribution in [0.3, 0.4) is 0 Å². The highest BCUT2D eigenvalue weighted by Crippen LogP contribution is 2.30. The van der Waals surface area contributed by atoms with Gasteiger partial charge in [0, 0.05) is 0 Å². The van der Waals surface area contributed by atoms with Gasteiger partial charge in [-0.25, -0.2) is 14.1 Å². The summed E-state index contributed by atoms with van der Waals surface area (Å²) in [7, 11) is 0. The summed E-state index contributed by atoms with van der Waals surface area (Å²) in [6, 6.07) is 12.7. The number of hydrogen-bond donors (Lipinski definition) is 1. The molecule has 0 radical (unpaired) electrons. The summed E-state index contributed by atoms with van der Waals surface area (Å²) in [6.45, 7) is 3.47. The minimum atomic E-state index is -0.931. The number of carbonyl (C=O) groups is 1. The highest BCUT2D eigenvalue weighted by atomic mass is 19.1. The number of nitrogens with zero attached hydrogens (tertiary/aromatic N) is 3. The number of aromatic nitrogens is 3. The van der Waals surface area contributed by atoms with Crippen LogP contribution in [0.2, 0.25) is 0 Å². The number of hydrogen-bond acceptors (Lipinski definition) is 4. The minimum absolute atomic E-state index is 0.270. The monoisotopic (exact) mass is 340 g/mol. The van der Waals surface area contributed by atoms with E-state index in [-0.39, 0.29) is 11.7 Å². The molecule has 0 unspecified atom stereocenters. The predicted molar refractivity (Wildman–Crippen MR) is 90.9 cm³/mol. The number of halogens is 1. The number of rotatable bonds is 5. The van der Waals surface area contributed by atoms with Crippen molar-refractivity contribution in [2.45, 2.75) is 19.4 Å². The van der Waals surface area contributed by atoms with Crippen LogP contribution in [0.25, 0.3) is 0 Å². The fraction of sp³-hybridized carbons (Fsp3) is 0.167. The molecule has 0 atom stereocenters. The third-order valence-corrected chi connectivity index (χ3v) is 3.72. The predicted octanol–water partition coefficient (Wildman–Crippen LogP) is 3.58. The molecule has 1 amide bonds. The van der Waals surface area contributed by atoms with Gasteiger partial charge in [-0.05, 0) is 50.2 Å². The number of para-hydroxylation sites is 2. The van der Waals surface area contributed by atoms with E-state index in [4.69, 9.17) is 4.74 Å². The molecule has 0 saturated carbocycles. The zero-order valence-electron chi connectivity index (χ0n) is 13.8. The van der Waals surface area contributed by atoms with Crippen molar-refractivity contribution in [2.24, 2.45) is 0 Å². The molecule has 0 saturated heterocycles. The average Bonchev–Trinajstić information content (AvgIpc) is 3.14. The molecule has 1 N–H and O–H groups in total. The highest BCUT2D eigenvalue weighted by molar-refractivity contribution is 5.97. The van der Waals surface area contributed by atoms with Gasteiger partial charge in [-0.3, -0.25) is 4.79 Å². The molecule has 2 aromatic carbocycles. The van der Waals surface area contributed by atoms with E-state index in [9.17, 15) is 9.18 Å². The number of ether oxygens (including phenoxy) is 1. The van der Waals surface area contributed by atoms with Gasteiger partial charge in [0.15, 0.2) is 5.75 Å². The molecule has 128 valence electrons. The second kappa shape index (κ2) is 6.72. The maximum atomic E-state index is 13.0. The Morgan fingerprint density at radius 3 is 2.56 bits per heavy atom. The van der Waals surface area contributed by atoms with Crippen molar-refractivity contribution in [3.8, 4) is 11.5 Å². The topological polar surface area (TPSA) is 69.0 Å². The van der Waals surface area contributed by atoms with Crippen LogP contribution in [-0.4, -0.2) is 20.7 Å². The first-order valence-corrected chi connectivity index (χ1v) is 7.66. The summed E-state index contributed by atoms with van der Waals surface area (Å²) >= 11 is 0. The van der Waals surface area contributed by atoms with Crippen LogP contribution in [0.5, 0.6) is 11.5 Å². The van der Waals surface area contributed by atoms with Gasteiger partial charge in [0.1, 0.15) is 29.8 Å². The molecule has 0 aliphatic carbocycles. The first kappa shape index (κ1) is 16.6. The first-order chi connectivity index (χ1) is 12.0. The molecule has 1 aromatic heterocycles. The molecule has 1 heterocycles. The summed E-state index contributed by atoms with van der Waals surface area (Å²) < 4.78 is 20.2. The molecule has 0 spiro atoms. The van der Waals surface area contributed by atoms with Crippen LogP contribution in [0.1, 0.15) is 13.8 Å². The Morgan fingerprint density at radius 2 is 1.88 bits per heavy atom. The molecule has 0 aliphatic heterocycles. The summed E-state index contributed by atoms with van der Waals surface area (Å²) in [5, 5.41) is 6.87. The molecule has 0 bridgehead atoms. The third-order valence-electron chi connectivity index (χ3n) is 3.72. The fourth-order valence-electron chi connectivity index (χ4n) is 2.16. The Bertz CT molecular complexity index is 861. The largest absolute Gasteiger partial charge is 0.455 e. The van der Waals surface area contributed by atoms with Crippen molar-refractivity contribution >= 4 is 11.6 Å². The van der Waals surface area contributed by atoms with Gasteiger partial charge in [0.2, 0.25) is 0 Å². The summed E-state index contributed by atoms with van der Waals surface area (Å²) in [4.78, 5) is 16.6. The van der Waals surface area contributed by atoms with E-state index in [2.05, 4.69) is 15.4 Å². The van der Waals surface area contributed by atoms with Crippen LogP contribution in [0.15, 0.2) is 61.2 Å². The van der Waals surface area contributed by atoms with Crippen molar-refractivity contribution in [1.82, 2.24) is 14.8 Å². The van der Waals surface area contributed by atoms with Crippen molar-refractivity contribution in [3.05, 3.63) is 67.0 Å². The van der Waals surface area contributed by atoms with Gasteiger partial charge < -0.3 is 10.1 Å². The molecular weight excluding hydrogens is 323 g/mol. The van der Waals surface area contributed by atoms with Gasteiger partial charge in [-0.1, -0.05) is 12.1 Å². The van der Waals surface area contributed by atoms with Crippen LogP contribution in [0, 0.1) is 5.82 Å². The second-order valence-electron chi connectivity index (χ2n) is 5.91. The van der Waals surface area contributed by atoms with E-state index in [0.717, 1.165) is 0 Å². The molecule has 0 aliphatic rings. The van der Waals surface area contributed by atoms with Crippen molar-refractivity contribution in [2.75, 3.05) is 5.32 Å². The fourth-order valence-corrected chi connectivity index (χ4v) is 2.16. The number of nitrogens with one attached hydrogen (secondary N) is 1. The lowest BCUT2D eigenvalue weighted by atomic mass is 10.0. The molecule has 7 heteroatoms. The number of amides is 1. The zero-order valence-corrected chi connectivity index (χ0v) is 13.8. The summed E-state index contributed by atoms with van der Waals surface area (Å²) in [5.74, 6) is 0.312. The van der Waals surface area contributed by atoms with Crippen LogP contribution >= 0.6 is 0 Å². The normalized spacial score (nSPS) is 11.2. The van der Waals surface area contributed by atoms with E-state index in [1.807, 2.05) is 0 Å². The quantitative estimate of drug-likeness (QED) is 0.771. The Balaban J connectivity index is 1.81. The molecule has 25 heavy (non-hydrogen) atoms. The first-order valence-electron chi connectivity index (χ1n) is 7.66. The molecule has 0 fully saturated rings. The Kier molecular flexibility index (Phi) is 4.47. The van der Waals surface area contributed by atoms with E-state index in [0.29, 0.717) is 17.2 Å². The maximum absolute atomic E-state index is 13.0. The highest BCUT2D eigenvalue weighted by Gasteiger charge is 2.31. The minimum Gasteiger partial charge on any atom is -0.455 e. The SMILES string of the molecule is CC(C)(C(=O)Nc1ccccc1Oc1ccc(F)cc1)n1cncn1. The van der Waals surface area contributed by atoms with Crippen LogP contribution in [0.4, 0.5) is 10.1 Å². The molecular formula is C18H17FN4O2.